The van der Waals surface area contributed by atoms with Crippen molar-refractivity contribution in [1.82, 2.24) is 0 Å². The highest BCUT2D eigenvalue weighted by atomic mass is 16.4. The molecule has 120 valence electrons. The smallest absolute Gasteiger partial charge is 0.335 e. The number of carboxylic acid groups (broad SMARTS) is 1. The van der Waals surface area contributed by atoms with Crippen LogP contribution in [0, 0.1) is 11.3 Å². The molecule has 1 N–H and O–H groups in total. The van der Waals surface area contributed by atoms with Crippen LogP contribution in [0.4, 0.5) is 0 Å². The second-order valence-corrected chi connectivity index (χ2v) is 8.13. The zero-order chi connectivity index (χ0) is 16.1. The summed E-state index contributed by atoms with van der Waals surface area (Å²) in [5.41, 5.74) is 4.99. The molecule has 2 unspecified atom stereocenters. The maximum Gasteiger partial charge on any atom is 0.335 e. The maximum absolute atomic E-state index is 11.5. The van der Waals surface area contributed by atoms with Crippen LogP contribution in [0.1, 0.15) is 80.4 Å². The molecule has 3 rings (SSSR count). The van der Waals surface area contributed by atoms with Crippen molar-refractivity contribution < 1.29 is 9.90 Å². The lowest BCUT2D eigenvalue weighted by Gasteiger charge is -2.54. The number of benzene rings is 1. The summed E-state index contributed by atoms with van der Waals surface area (Å²) in [5, 5.41) is 9.48. The Kier molecular flexibility index (Phi) is 3.62. The van der Waals surface area contributed by atoms with E-state index in [1.807, 2.05) is 6.07 Å². The van der Waals surface area contributed by atoms with Gasteiger partial charge >= 0.3 is 5.97 Å². The summed E-state index contributed by atoms with van der Waals surface area (Å²) in [5.74, 6) is -0.0717. The highest BCUT2D eigenvalue weighted by molar-refractivity contribution is 5.90. The van der Waals surface area contributed by atoms with Crippen LogP contribution in [-0.2, 0) is 18.3 Å². The summed E-state index contributed by atoms with van der Waals surface area (Å²) in [4.78, 5) is 11.5. The Bertz CT molecular complexity index is 614. The van der Waals surface area contributed by atoms with Crippen molar-refractivity contribution in [2.24, 2.45) is 11.3 Å². The van der Waals surface area contributed by atoms with Gasteiger partial charge in [0.25, 0.3) is 0 Å². The van der Waals surface area contributed by atoms with Crippen LogP contribution in [0.25, 0.3) is 0 Å². The molecule has 0 aliphatic heterocycles. The molecular formula is C20H28O2. The molecule has 1 aromatic carbocycles. The second kappa shape index (κ2) is 5.11. The lowest BCUT2D eigenvalue weighted by molar-refractivity contribution is 0.0404. The number of rotatable bonds is 2. The fourth-order valence-corrected chi connectivity index (χ4v) is 5.56. The van der Waals surface area contributed by atoms with E-state index in [9.17, 15) is 9.90 Å². The van der Waals surface area contributed by atoms with Crippen LogP contribution in [0.2, 0.25) is 0 Å². The fourth-order valence-electron chi connectivity index (χ4n) is 5.56. The Labute approximate surface area is 133 Å². The molecule has 2 heteroatoms. The van der Waals surface area contributed by atoms with Gasteiger partial charge in [0.15, 0.2) is 0 Å². The van der Waals surface area contributed by atoms with E-state index in [1.54, 1.807) is 0 Å². The SMILES string of the molecule is CCc1c(C(=O)O)ccc2c1CCC1C(C)(C)CCCC21C. The Balaban J connectivity index is 2.17. The van der Waals surface area contributed by atoms with Crippen LogP contribution >= 0.6 is 0 Å². The standard InChI is InChI=1S/C20H28O2/c1-5-13-14-8-10-17-19(2,3)11-6-12-20(17,4)16(14)9-7-15(13)18(21)22/h7,9,17H,5-6,8,10-12H2,1-4H3,(H,21,22). The summed E-state index contributed by atoms with van der Waals surface area (Å²) in [6, 6.07) is 3.99. The van der Waals surface area contributed by atoms with E-state index in [0.29, 0.717) is 16.9 Å². The third-order valence-electron chi connectivity index (χ3n) is 6.54. The maximum atomic E-state index is 11.5. The summed E-state index contributed by atoms with van der Waals surface area (Å²) < 4.78 is 0. The minimum atomic E-state index is -0.782. The van der Waals surface area contributed by atoms with Crippen LogP contribution in [0.3, 0.4) is 0 Å². The van der Waals surface area contributed by atoms with Crippen molar-refractivity contribution >= 4 is 5.97 Å². The molecule has 0 bridgehead atoms. The minimum Gasteiger partial charge on any atom is -0.478 e. The van der Waals surface area contributed by atoms with Crippen molar-refractivity contribution in [2.45, 2.75) is 71.6 Å². The third kappa shape index (κ3) is 2.11. The van der Waals surface area contributed by atoms with Crippen molar-refractivity contribution in [1.29, 1.82) is 0 Å². The molecule has 0 aromatic heterocycles. The molecule has 0 saturated heterocycles. The normalized spacial score (nSPS) is 29.5. The summed E-state index contributed by atoms with van der Waals surface area (Å²) >= 11 is 0. The first-order chi connectivity index (χ1) is 10.3. The number of carbonyl (C=O) groups is 1. The first-order valence-electron chi connectivity index (χ1n) is 8.70. The molecule has 2 aliphatic carbocycles. The monoisotopic (exact) mass is 300 g/mol. The van der Waals surface area contributed by atoms with Crippen molar-refractivity contribution in [3.8, 4) is 0 Å². The van der Waals surface area contributed by atoms with Gasteiger partial charge in [0.1, 0.15) is 0 Å². The number of carboxylic acids is 1. The van der Waals surface area contributed by atoms with Crippen LogP contribution in [0.5, 0.6) is 0 Å². The molecule has 1 fully saturated rings. The average Bonchev–Trinajstić information content (AvgIpc) is 2.44. The predicted molar refractivity (Wildman–Crippen MR) is 89.6 cm³/mol. The van der Waals surface area contributed by atoms with E-state index in [0.717, 1.165) is 18.4 Å². The third-order valence-corrected chi connectivity index (χ3v) is 6.54. The van der Waals surface area contributed by atoms with Crippen LogP contribution in [0.15, 0.2) is 12.1 Å². The molecule has 22 heavy (non-hydrogen) atoms. The Morgan fingerprint density at radius 1 is 1.27 bits per heavy atom. The van der Waals surface area contributed by atoms with Crippen molar-refractivity contribution in [3.05, 3.63) is 34.4 Å². The molecule has 0 amide bonds. The highest BCUT2D eigenvalue weighted by Gasteiger charge is 2.50. The zero-order valence-electron chi connectivity index (χ0n) is 14.3. The highest BCUT2D eigenvalue weighted by Crippen LogP contribution is 2.57. The van der Waals surface area contributed by atoms with Gasteiger partial charge in [-0.2, -0.15) is 0 Å². The summed E-state index contributed by atoms with van der Waals surface area (Å²) in [6.07, 6.45) is 6.90. The number of fused-ring (bicyclic) bond motifs is 3. The van der Waals surface area contributed by atoms with Gasteiger partial charge in [-0.3, -0.25) is 0 Å². The van der Waals surface area contributed by atoms with Crippen LogP contribution in [-0.4, -0.2) is 11.1 Å². The minimum absolute atomic E-state index is 0.219. The van der Waals surface area contributed by atoms with Gasteiger partial charge < -0.3 is 5.11 Å². The zero-order valence-corrected chi connectivity index (χ0v) is 14.3. The van der Waals surface area contributed by atoms with Crippen molar-refractivity contribution in [3.63, 3.8) is 0 Å². The van der Waals surface area contributed by atoms with E-state index >= 15 is 0 Å². The average molecular weight is 300 g/mol. The lowest BCUT2D eigenvalue weighted by Crippen LogP contribution is -2.48. The topological polar surface area (TPSA) is 37.3 Å². The first kappa shape index (κ1) is 15.6. The number of aromatic carboxylic acids is 1. The molecule has 1 saturated carbocycles. The summed E-state index contributed by atoms with van der Waals surface area (Å²) in [7, 11) is 0. The Hall–Kier alpha value is -1.31. The van der Waals surface area contributed by atoms with E-state index in [4.69, 9.17) is 0 Å². The molecule has 2 atom stereocenters. The van der Waals surface area contributed by atoms with Gasteiger partial charge in [0.2, 0.25) is 0 Å². The lowest BCUT2D eigenvalue weighted by atomic mass is 9.50. The molecular weight excluding hydrogens is 272 g/mol. The Morgan fingerprint density at radius 2 is 2.00 bits per heavy atom. The molecule has 1 aromatic rings. The predicted octanol–water partition coefficient (Wildman–Crippen LogP) is 4.98. The van der Waals surface area contributed by atoms with Gasteiger partial charge in [0.05, 0.1) is 5.56 Å². The number of hydrogen-bond donors (Lipinski definition) is 1. The van der Waals surface area contributed by atoms with Gasteiger partial charge in [0, 0.05) is 0 Å². The van der Waals surface area contributed by atoms with Gasteiger partial charge in [-0.05, 0) is 71.6 Å². The van der Waals surface area contributed by atoms with E-state index in [1.165, 1.54) is 36.8 Å². The molecule has 2 aliphatic rings. The van der Waals surface area contributed by atoms with Gasteiger partial charge in [-0.15, -0.1) is 0 Å². The van der Waals surface area contributed by atoms with Gasteiger partial charge in [-0.1, -0.05) is 40.2 Å². The largest absolute Gasteiger partial charge is 0.478 e. The van der Waals surface area contributed by atoms with Crippen LogP contribution < -0.4 is 0 Å². The fraction of sp³-hybridized carbons (Fsp3) is 0.650. The molecule has 2 nitrogen and oxygen atoms in total. The van der Waals surface area contributed by atoms with E-state index in [-0.39, 0.29) is 5.41 Å². The second-order valence-electron chi connectivity index (χ2n) is 8.13. The molecule has 0 spiro atoms. The summed E-state index contributed by atoms with van der Waals surface area (Å²) in [6.45, 7) is 9.36. The van der Waals surface area contributed by atoms with E-state index < -0.39 is 5.97 Å². The van der Waals surface area contributed by atoms with Gasteiger partial charge in [-0.25, -0.2) is 4.79 Å². The molecule has 0 heterocycles. The Morgan fingerprint density at radius 3 is 2.64 bits per heavy atom. The number of hydrogen-bond acceptors (Lipinski definition) is 1. The van der Waals surface area contributed by atoms with E-state index in [2.05, 4.69) is 33.8 Å². The first-order valence-corrected chi connectivity index (χ1v) is 8.70. The van der Waals surface area contributed by atoms with Crippen molar-refractivity contribution in [2.75, 3.05) is 0 Å². The molecule has 0 radical (unpaired) electrons. The quantitative estimate of drug-likeness (QED) is 0.836.